The first-order chi connectivity index (χ1) is 18.4. The lowest BCUT2D eigenvalue weighted by Crippen LogP contribution is -2.21. The number of rotatable bonds is 10. The van der Waals surface area contributed by atoms with E-state index in [1.54, 1.807) is 27.4 Å². The number of carbonyl (C=O) groups is 1. The van der Waals surface area contributed by atoms with Crippen LogP contribution in [0.1, 0.15) is 18.1 Å². The Morgan fingerprint density at radius 1 is 0.921 bits per heavy atom. The van der Waals surface area contributed by atoms with E-state index in [-0.39, 0.29) is 11.7 Å². The number of nitrogens with zero attached hydrogens (tertiary/aromatic N) is 4. The Bertz CT molecular complexity index is 1430. The maximum atomic E-state index is 12.7. The van der Waals surface area contributed by atoms with Crippen LogP contribution in [0.15, 0.2) is 77.0 Å². The monoisotopic (exact) mass is 531 g/mol. The summed E-state index contributed by atoms with van der Waals surface area (Å²) in [6, 6.07) is 21.1. The molecule has 0 atom stereocenters. The van der Waals surface area contributed by atoms with Crippen molar-refractivity contribution in [1.82, 2.24) is 20.2 Å². The van der Waals surface area contributed by atoms with E-state index < -0.39 is 0 Å². The molecule has 0 saturated heterocycles. The molecule has 1 heterocycles. The summed E-state index contributed by atoms with van der Waals surface area (Å²) in [4.78, 5) is 12.7. The van der Waals surface area contributed by atoms with Crippen molar-refractivity contribution in [3.8, 4) is 34.3 Å². The van der Waals surface area contributed by atoms with E-state index in [9.17, 15) is 4.79 Å². The van der Waals surface area contributed by atoms with E-state index in [2.05, 4.69) is 20.7 Å². The quantitative estimate of drug-likeness (QED) is 0.176. The number of carbonyl (C=O) groups excluding carboxylic acids is 1. The summed E-state index contributed by atoms with van der Waals surface area (Å²) >= 11 is 1.28. The van der Waals surface area contributed by atoms with E-state index in [0.717, 1.165) is 28.1 Å². The van der Waals surface area contributed by atoms with Crippen LogP contribution >= 0.6 is 11.8 Å². The molecular weight excluding hydrogens is 502 g/mol. The number of benzene rings is 3. The van der Waals surface area contributed by atoms with Crippen LogP contribution in [0, 0.1) is 6.92 Å². The van der Waals surface area contributed by atoms with E-state index >= 15 is 0 Å². The molecule has 0 aliphatic rings. The van der Waals surface area contributed by atoms with Gasteiger partial charge >= 0.3 is 0 Å². The molecule has 1 aromatic heterocycles. The number of nitrogens with one attached hydrogen (secondary N) is 1. The number of aryl methyl sites for hydroxylation is 1. The predicted molar refractivity (Wildman–Crippen MR) is 149 cm³/mol. The number of methoxy groups -OCH3 is 3. The molecule has 196 valence electrons. The summed E-state index contributed by atoms with van der Waals surface area (Å²) in [6.45, 7) is 3.84. The highest BCUT2D eigenvalue weighted by Crippen LogP contribution is 2.30. The highest BCUT2D eigenvalue weighted by atomic mass is 32.2. The van der Waals surface area contributed by atoms with Crippen LogP contribution < -0.4 is 19.6 Å². The molecule has 1 amide bonds. The Morgan fingerprint density at radius 2 is 1.63 bits per heavy atom. The molecule has 0 bridgehead atoms. The van der Waals surface area contributed by atoms with E-state index in [1.165, 1.54) is 11.8 Å². The van der Waals surface area contributed by atoms with Gasteiger partial charge in [0, 0.05) is 16.8 Å². The summed E-state index contributed by atoms with van der Waals surface area (Å²) in [5.74, 6) is 2.47. The SMILES string of the molecule is COc1ccc(-c2nnc(SCC(=O)NN=C(C)c3ccc(OC)c(OC)c3)n2-c2ccc(C)cc2)cc1. The van der Waals surface area contributed by atoms with Crippen molar-refractivity contribution in [2.45, 2.75) is 19.0 Å². The van der Waals surface area contributed by atoms with Crippen LogP contribution in [0.25, 0.3) is 17.1 Å². The van der Waals surface area contributed by atoms with Crippen LogP contribution in [0.4, 0.5) is 0 Å². The third kappa shape index (κ3) is 6.15. The first kappa shape index (κ1) is 26.7. The molecule has 4 aromatic rings. The van der Waals surface area contributed by atoms with Gasteiger partial charge in [-0.15, -0.1) is 10.2 Å². The van der Waals surface area contributed by atoms with Gasteiger partial charge in [-0.25, -0.2) is 5.43 Å². The minimum absolute atomic E-state index is 0.106. The van der Waals surface area contributed by atoms with Gasteiger partial charge in [0.15, 0.2) is 22.5 Å². The minimum Gasteiger partial charge on any atom is -0.497 e. The normalized spacial score (nSPS) is 11.2. The van der Waals surface area contributed by atoms with Crippen molar-refractivity contribution < 1.29 is 19.0 Å². The molecule has 38 heavy (non-hydrogen) atoms. The number of hydrogen-bond acceptors (Lipinski definition) is 8. The van der Waals surface area contributed by atoms with Crippen molar-refractivity contribution in [3.05, 3.63) is 77.9 Å². The van der Waals surface area contributed by atoms with Crippen molar-refractivity contribution in [2.24, 2.45) is 5.10 Å². The first-order valence-corrected chi connectivity index (χ1v) is 12.8. The highest BCUT2D eigenvalue weighted by molar-refractivity contribution is 7.99. The van der Waals surface area contributed by atoms with Crippen molar-refractivity contribution in [1.29, 1.82) is 0 Å². The smallest absolute Gasteiger partial charge is 0.250 e. The second-order valence-corrected chi connectivity index (χ2v) is 9.24. The van der Waals surface area contributed by atoms with Gasteiger partial charge in [0.05, 0.1) is 32.8 Å². The molecular formula is C28H29N5O4S. The Kier molecular flexibility index (Phi) is 8.65. The summed E-state index contributed by atoms with van der Waals surface area (Å²) in [5.41, 5.74) is 6.98. The molecule has 0 aliphatic heterocycles. The molecule has 4 rings (SSSR count). The fourth-order valence-electron chi connectivity index (χ4n) is 3.65. The van der Waals surface area contributed by atoms with E-state index in [1.807, 2.05) is 79.1 Å². The third-order valence-electron chi connectivity index (χ3n) is 5.76. The lowest BCUT2D eigenvalue weighted by molar-refractivity contribution is -0.118. The van der Waals surface area contributed by atoms with Crippen LogP contribution in [0.2, 0.25) is 0 Å². The van der Waals surface area contributed by atoms with Crippen LogP contribution in [-0.4, -0.2) is 53.5 Å². The molecule has 0 radical (unpaired) electrons. The Balaban J connectivity index is 1.51. The second kappa shape index (κ2) is 12.3. The molecule has 9 nitrogen and oxygen atoms in total. The Hall–Kier alpha value is -4.31. The van der Waals surface area contributed by atoms with Crippen molar-refractivity contribution in [2.75, 3.05) is 27.1 Å². The lowest BCUT2D eigenvalue weighted by atomic mass is 10.1. The van der Waals surface area contributed by atoms with Crippen LogP contribution in [0.5, 0.6) is 17.2 Å². The molecule has 0 unspecified atom stereocenters. The fourth-order valence-corrected chi connectivity index (χ4v) is 4.40. The van der Waals surface area contributed by atoms with Gasteiger partial charge in [0.25, 0.3) is 5.91 Å². The summed E-state index contributed by atoms with van der Waals surface area (Å²) in [6.07, 6.45) is 0. The molecule has 3 aromatic carbocycles. The summed E-state index contributed by atoms with van der Waals surface area (Å²) < 4.78 is 17.8. The number of ether oxygens (including phenoxy) is 3. The van der Waals surface area contributed by atoms with E-state index in [0.29, 0.717) is 28.2 Å². The maximum Gasteiger partial charge on any atom is 0.250 e. The van der Waals surface area contributed by atoms with Gasteiger partial charge in [0.2, 0.25) is 0 Å². The zero-order chi connectivity index (χ0) is 27.1. The highest BCUT2D eigenvalue weighted by Gasteiger charge is 2.17. The summed E-state index contributed by atoms with van der Waals surface area (Å²) in [5, 5.41) is 13.7. The van der Waals surface area contributed by atoms with E-state index in [4.69, 9.17) is 14.2 Å². The number of amides is 1. The molecule has 0 saturated carbocycles. The number of thioether (sulfide) groups is 1. The third-order valence-corrected chi connectivity index (χ3v) is 6.68. The number of hydrogen-bond donors (Lipinski definition) is 1. The number of aromatic nitrogens is 3. The minimum atomic E-state index is -0.265. The Labute approximate surface area is 225 Å². The molecule has 0 spiro atoms. The molecule has 10 heteroatoms. The standard InChI is InChI=1S/C28H29N5O4S/c1-18-6-11-22(12-7-18)33-27(20-8-13-23(35-3)14-9-20)31-32-28(33)38-17-26(34)30-29-19(2)21-10-15-24(36-4)25(16-21)37-5/h6-16H,17H2,1-5H3,(H,30,34). The van der Waals surface area contributed by atoms with Crippen molar-refractivity contribution in [3.63, 3.8) is 0 Å². The second-order valence-electron chi connectivity index (χ2n) is 8.30. The maximum absolute atomic E-state index is 12.7. The van der Waals surface area contributed by atoms with Crippen LogP contribution in [-0.2, 0) is 4.79 Å². The van der Waals surface area contributed by atoms with Crippen LogP contribution in [0.3, 0.4) is 0 Å². The zero-order valence-corrected chi connectivity index (χ0v) is 22.7. The molecule has 0 aliphatic carbocycles. The average Bonchev–Trinajstić information content (AvgIpc) is 3.38. The fraction of sp³-hybridized carbons (Fsp3) is 0.214. The van der Waals surface area contributed by atoms with Gasteiger partial charge in [-0.3, -0.25) is 9.36 Å². The van der Waals surface area contributed by atoms with Gasteiger partial charge in [0.1, 0.15) is 5.75 Å². The number of hydrazone groups is 1. The van der Waals surface area contributed by atoms with Gasteiger partial charge in [-0.1, -0.05) is 29.5 Å². The first-order valence-electron chi connectivity index (χ1n) is 11.8. The van der Waals surface area contributed by atoms with Gasteiger partial charge in [-0.05, 0) is 68.4 Å². The van der Waals surface area contributed by atoms with Crippen molar-refractivity contribution >= 4 is 23.4 Å². The lowest BCUT2D eigenvalue weighted by Gasteiger charge is -2.11. The predicted octanol–water partition coefficient (Wildman–Crippen LogP) is 4.90. The molecule has 0 fully saturated rings. The largest absolute Gasteiger partial charge is 0.497 e. The topological polar surface area (TPSA) is 99.9 Å². The van der Waals surface area contributed by atoms with Gasteiger partial charge in [-0.2, -0.15) is 5.10 Å². The zero-order valence-electron chi connectivity index (χ0n) is 21.9. The summed E-state index contributed by atoms with van der Waals surface area (Å²) in [7, 11) is 4.78. The Morgan fingerprint density at radius 3 is 2.29 bits per heavy atom. The van der Waals surface area contributed by atoms with Gasteiger partial charge < -0.3 is 14.2 Å². The average molecular weight is 532 g/mol. The molecule has 1 N–H and O–H groups in total.